The number of thioether (sulfide) groups is 1. The largest absolute Gasteiger partial charge is 0.480 e. The van der Waals surface area contributed by atoms with Gasteiger partial charge in [-0.25, -0.2) is 4.79 Å². The number of aliphatic carboxylic acids is 1. The molecule has 2 aliphatic rings. The van der Waals surface area contributed by atoms with E-state index >= 15 is 0 Å². The van der Waals surface area contributed by atoms with E-state index < -0.39 is 11.6 Å². The second-order valence-electron chi connectivity index (χ2n) is 4.89. The molecule has 0 aromatic heterocycles. The Morgan fingerprint density at radius 3 is 2.76 bits per heavy atom. The Labute approximate surface area is 104 Å². The van der Waals surface area contributed by atoms with Crippen molar-refractivity contribution < 1.29 is 19.4 Å². The van der Waals surface area contributed by atoms with Crippen molar-refractivity contribution in [1.29, 1.82) is 0 Å². The zero-order valence-electron chi connectivity index (χ0n) is 9.85. The van der Waals surface area contributed by atoms with Crippen LogP contribution in [0.3, 0.4) is 0 Å². The first-order valence-electron chi connectivity index (χ1n) is 5.72. The number of carboxylic acids is 1. The Morgan fingerprint density at radius 1 is 1.53 bits per heavy atom. The van der Waals surface area contributed by atoms with E-state index in [9.17, 15) is 9.59 Å². The Bertz CT molecular complexity index is 321. The average molecular weight is 259 g/mol. The van der Waals surface area contributed by atoms with Gasteiger partial charge in [0, 0.05) is 11.7 Å². The first-order chi connectivity index (χ1) is 8.00. The lowest BCUT2D eigenvalue weighted by Gasteiger charge is -2.48. The second-order valence-corrected chi connectivity index (χ2v) is 6.04. The van der Waals surface area contributed by atoms with Gasteiger partial charge < -0.3 is 14.7 Å². The highest BCUT2D eigenvalue weighted by Gasteiger charge is 2.44. The minimum absolute atomic E-state index is 0.157. The molecule has 1 atom stereocenters. The molecule has 2 saturated heterocycles. The van der Waals surface area contributed by atoms with Gasteiger partial charge in [0.1, 0.15) is 12.2 Å². The molecule has 0 saturated carbocycles. The zero-order chi connectivity index (χ0) is 12.5. The van der Waals surface area contributed by atoms with Gasteiger partial charge >= 0.3 is 5.97 Å². The van der Waals surface area contributed by atoms with Gasteiger partial charge in [-0.15, -0.1) is 0 Å². The first kappa shape index (κ1) is 12.7. The van der Waals surface area contributed by atoms with Crippen molar-refractivity contribution in [2.24, 2.45) is 5.92 Å². The van der Waals surface area contributed by atoms with Gasteiger partial charge in [0.15, 0.2) is 0 Å². The van der Waals surface area contributed by atoms with Crippen LogP contribution in [-0.2, 0) is 14.3 Å². The number of amides is 1. The van der Waals surface area contributed by atoms with Crippen LogP contribution in [0, 0.1) is 5.92 Å². The molecule has 1 unspecified atom stereocenters. The summed E-state index contributed by atoms with van der Waals surface area (Å²) in [6.07, 6.45) is 0.965. The molecule has 0 bridgehead atoms. The van der Waals surface area contributed by atoms with Crippen molar-refractivity contribution in [3.8, 4) is 0 Å². The smallest absolute Gasteiger partial charge is 0.329 e. The standard InChI is InChI=1S/C11H17NO4S/c1-11(16-4-9(13)14)6-12(7-11)10(15)8-2-3-17-5-8/h8H,2-7H2,1H3,(H,13,14). The van der Waals surface area contributed by atoms with E-state index in [2.05, 4.69) is 0 Å². The maximum Gasteiger partial charge on any atom is 0.329 e. The molecule has 2 aliphatic heterocycles. The molecular weight excluding hydrogens is 242 g/mol. The van der Waals surface area contributed by atoms with Gasteiger partial charge in [0.2, 0.25) is 5.91 Å². The minimum Gasteiger partial charge on any atom is -0.480 e. The van der Waals surface area contributed by atoms with Crippen LogP contribution in [-0.4, -0.2) is 58.7 Å². The summed E-state index contributed by atoms with van der Waals surface area (Å²) in [5.41, 5.74) is -0.472. The predicted molar refractivity (Wildman–Crippen MR) is 64.0 cm³/mol. The summed E-state index contributed by atoms with van der Waals surface area (Å²) in [6, 6.07) is 0. The maximum absolute atomic E-state index is 12.0. The highest BCUT2D eigenvalue weighted by Crippen LogP contribution is 2.30. The molecule has 0 radical (unpaired) electrons. The lowest BCUT2D eigenvalue weighted by molar-refractivity contribution is -0.175. The summed E-state index contributed by atoms with van der Waals surface area (Å²) in [5.74, 6) is 1.37. The third-order valence-corrected chi connectivity index (χ3v) is 4.35. The first-order valence-corrected chi connectivity index (χ1v) is 6.88. The highest BCUT2D eigenvalue weighted by molar-refractivity contribution is 7.99. The molecule has 1 amide bonds. The highest BCUT2D eigenvalue weighted by atomic mass is 32.2. The summed E-state index contributed by atoms with van der Waals surface area (Å²) in [6.45, 7) is 2.58. The van der Waals surface area contributed by atoms with Crippen molar-refractivity contribution in [1.82, 2.24) is 4.90 Å². The fourth-order valence-electron chi connectivity index (χ4n) is 2.23. The van der Waals surface area contributed by atoms with Gasteiger partial charge in [-0.2, -0.15) is 11.8 Å². The lowest BCUT2D eigenvalue weighted by atomic mass is 9.94. The topological polar surface area (TPSA) is 66.8 Å². The number of ether oxygens (including phenoxy) is 1. The van der Waals surface area contributed by atoms with Gasteiger partial charge in [-0.3, -0.25) is 4.79 Å². The number of nitrogens with zero attached hydrogens (tertiary/aromatic N) is 1. The second kappa shape index (κ2) is 4.86. The number of hydrogen-bond donors (Lipinski definition) is 1. The van der Waals surface area contributed by atoms with Crippen LogP contribution in [0.15, 0.2) is 0 Å². The van der Waals surface area contributed by atoms with Crippen LogP contribution in [0.1, 0.15) is 13.3 Å². The van der Waals surface area contributed by atoms with E-state index in [1.165, 1.54) is 0 Å². The third kappa shape index (κ3) is 2.93. The average Bonchev–Trinajstić information content (AvgIpc) is 2.74. The Hall–Kier alpha value is -0.750. The summed E-state index contributed by atoms with van der Waals surface area (Å²) in [7, 11) is 0. The van der Waals surface area contributed by atoms with Crippen molar-refractivity contribution >= 4 is 23.6 Å². The molecule has 0 aromatic carbocycles. The Balaban J connectivity index is 1.77. The quantitative estimate of drug-likeness (QED) is 0.793. The molecule has 2 heterocycles. The molecule has 0 spiro atoms. The van der Waals surface area contributed by atoms with Gasteiger partial charge in [0.05, 0.1) is 13.1 Å². The summed E-state index contributed by atoms with van der Waals surface area (Å²) >= 11 is 1.82. The number of carboxylic acid groups (broad SMARTS) is 1. The van der Waals surface area contributed by atoms with Gasteiger partial charge in [-0.05, 0) is 19.1 Å². The molecular formula is C11H17NO4S. The summed E-state index contributed by atoms with van der Waals surface area (Å²) in [4.78, 5) is 24.2. The number of carbonyl (C=O) groups excluding carboxylic acids is 1. The molecule has 1 N–H and O–H groups in total. The van der Waals surface area contributed by atoms with Crippen molar-refractivity contribution in [2.45, 2.75) is 18.9 Å². The van der Waals surface area contributed by atoms with Crippen LogP contribution < -0.4 is 0 Å². The van der Waals surface area contributed by atoms with Crippen LogP contribution in [0.2, 0.25) is 0 Å². The van der Waals surface area contributed by atoms with Crippen molar-refractivity contribution in [3.05, 3.63) is 0 Å². The molecule has 0 aliphatic carbocycles. The van der Waals surface area contributed by atoms with Gasteiger partial charge in [-0.1, -0.05) is 0 Å². The zero-order valence-corrected chi connectivity index (χ0v) is 10.7. The monoisotopic (exact) mass is 259 g/mol. The van der Waals surface area contributed by atoms with Crippen molar-refractivity contribution in [2.75, 3.05) is 31.2 Å². The van der Waals surface area contributed by atoms with Crippen LogP contribution in [0.5, 0.6) is 0 Å². The van der Waals surface area contributed by atoms with E-state index in [-0.39, 0.29) is 18.4 Å². The number of likely N-dealkylation sites (tertiary alicyclic amines) is 1. The molecule has 0 aromatic rings. The molecule has 2 fully saturated rings. The van der Waals surface area contributed by atoms with E-state index in [0.717, 1.165) is 17.9 Å². The van der Waals surface area contributed by atoms with E-state index in [0.29, 0.717) is 13.1 Å². The van der Waals surface area contributed by atoms with E-state index in [1.54, 1.807) is 4.90 Å². The number of rotatable bonds is 4. The molecule has 2 rings (SSSR count). The Morgan fingerprint density at radius 2 is 2.24 bits per heavy atom. The fraction of sp³-hybridized carbons (Fsp3) is 0.818. The maximum atomic E-state index is 12.0. The predicted octanol–water partition coefficient (Wildman–Crippen LogP) is 0.442. The number of carbonyl (C=O) groups is 2. The van der Waals surface area contributed by atoms with E-state index in [1.807, 2.05) is 18.7 Å². The summed E-state index contributed by atoms with van der Waals surface area (Å²) in [5, 5.41) is 8.54. The number of hydrogen-bond acceptors (Lipinski definition) is 4. The van der Waals surface area contributed by atoms with Crippen molar-refractivity contribution in [3.63, 3.8) is 0 Å². The third-order valence-electron chi connectivity index (χ3n) is 3.19. The minimum atomic E-state index is -0.969. The molecule has 5 nitrogen and oxygen atoms in total. The van der Waals surface area contributed by atoms with Crippen LogP contribution >= 0.6 is 11.8 Å². The summed E-state index contributed by atoms with van der Waals surface area (Å²) < 4.78 is 5.27. The Kier molecular flexibility index (Phi) is 3.63. The molecule has 6 heteroatoms. The molecule has 17 heavy (non-hydrogen) atoms. The van der Waals surface area contributed by atoms with Gasteiger partial charge in [0.25, 0.3) is 0 Å². The van der Waals surface area contributed by atoms with Crippen LogP contribution in [0.4, 0.5) is 0 Å². The lowest BCUT2D eigenvalue weighted by Crippen LogP contribution is -2.64. The van der Waals surface area contributed by atoms with E-state index in [4.69, 9.17) is 9.84 Å². The molecule has 96 valence electrons. The normalized spacial score (nSPS) is 26.6. The van der Waals surface area contributed by atoms with Crippen LogP contribution in [0.25, 0.3) is 0 Å². The SMILES string of the molecule is CC1(OCC(=O)O)CN(C(=O)C2CCSC2)C1. The fourth-order valence-corrected chi connectivity index (χ4v) is 3.44.